The number of carbonyl (C=O) groups excluding carboxylic acids is 2. The molecule has 2 amide bonds. The average molecular weight is 438 g/mol. The van der Waals surface area contributed by atoms with Crippen molar-refractivity contribution >= 4 is 33.4 Å². The zero-order chi connectivity index (χ0) is 19.2. The molecule has 0 aromatic carbocycles. The second kappa shape index (κ2) is 9.20. The van der Waals surface area contributed by atoms with Crippen molar-refractivity contribution in [1.82, 2.24) is 9.88 Å². The summed E-state index contributed by atoms with van der Waals surface area (Å²) < 4.78 is 42.2. The van der Waals surface area contributed by atoms with E-state index in [0.717, 1.165) is 25.7 Å². The van der Waals surface area contributed by atoms with E-state index in [4.69, 9.17) is 0 Å². The molecule has 144 valence electrons. The smallest absolute Gasteiger partial charge is 0.422 e. The van der Waals surface area contributed by atoms with E-state index in [1.807, 2.05) is 0 Å². The van der Waals surface area contributed by atoms with Gasteiger partial charge < -0.3 is 15.0 Å². The van der Waals surface area contributed by atoms with Crippen LogP contribution in [0, 0.1) is 0 Å². The lowest BCUT2D eigenvalue weighted by Crippen LogP contribution is -2.39. The van der Waals surface area contributed by atoms with Crippen molar-refractivity contribution in [3.8, 4) is 5.88 Å². The molecule has 1 aromatic heterocycles. The Morgan fingerprint density at radius 2 is 2.04 bits per heavy atom. The average Bonchev–Trinajstić information content (AvgIpc) is 2.53. The molecular weight excluding hydrogens is 419 g/mol. The van der Waals surface area contributed by atoms with E-state index < -0.39 is 18.7 Å². The summed E-state index contributed by atoms with van der Waals surface area (Å²) in [7, 11) is 0. The van der Waals surface area contributed by atoms with Gasteiger partial charge in [-0.15, -0.1) is 0 Å². The number of aromatic nitrogens is 1. The maximum Gasteiger partial charge on any atom is 0.422 e. The van der Waals surface area contributed by atoms with Gasteiger partial charge in [-0.1, -0.05) is 12.8 Å². The molecule has 1 aliphatic rings. The van der Waals surface area contributed by atoms with E-state index in [-0.39, 0.29) is 24.0 Å². The number of amides is 2. The molecule has 0 radical (unpaired) electrons. The Morgan fingerprint density at radius 1 is 1.31 bits per heavy atom. The fourth-order valence-corrected chi connectivity index (χ4v) is 2.86. The zero-order valence-corrected chi connectivity index (χ0v) is 15.5. The van der Waals surface area contributed by atoms with Crippen LogP contribution in [-0.2, 0) is 9.59 Å². The summed E-state index contributed by atoms with van der Waals surface area (Å²) in [5.41, 5.74) is 0.00752. The van der Waals surface area contributed by atoms with Crippen LogP contribution in [0.5, 0.6) is 5.88 Å². The Morgan fingerprint density at radius 3 is 2.77 bits per heavy atom. The molecule has 0 unspecified atom stereocenters. The van der Waals surface area contributed by atoms with Crippen molar-refractivity contribution in [2.75, 3.05) is 25.0 Å². The SMILES string of the molecule is O=C(CN1CCCCCCC1=O)Nc1cc(Br)cnc1OCC(F)(F)F. The highest BCUT2D eigenvalue weighted by Crippen LogP contribution is 2.27. The van der Waals surface area contributed by atoms with Crippen molar-refractivity contribution < 1.29 is 27.5 Å². The fraction of sp³-hybridized carbons (Fsp3) is 0.562. The van der Waals surface area contributed by atoms with Crippen LogP contribution in [0.25, 0.3) is 0 Å². The number of carbonyl (C=O) groups is 2. The third kappa shape index (κ3) is 6.81. The van der Waals surface area contributed by atoms with Gasteiger partial charge in [0.05, 0.1) is 6.54 Å². The first-order chi connectivity index (χ1) is 12.2. The van der Waals surface area contributed by atoms with Crippen LogP contribution < -0.4 is 10.1 Å². The van der Waals surface area contributed by atoms with Crippen LogP contribution in [0.3, 0.4) is 0 Å². The maximum absolute atomic E-state index is 12.3. The minimum atomic E-state index is -4.52. The molecule has 26 heavy (non-hydrogen) atoms. The van der Waals surface area contributed by atoms with Crippen molar-refractivity contribution in [3.63, 3.8) is 0 Å². The van der Waals surface area contributed by atoms with E-state index >= 15 is 0 Å². The monoisotopic (exact) mass is 437 g/mol. The van der Waals surface area contributed by atoms with E-state index in [1.165, 1.54) is 17.2 Å². The maximum atomic E-state index is 12.3. The third-order valence-electron chi connectivity index (χ3n) is 3.72. The number of rotatable bonds is 5. The normalized spacial score (nSPS) is 16.0. The molecular formula is C16H19BrF3N3O3. The van der Waals surface area contributed by atoms with Crippen molar-refractivity contribution in [3.05, 3.63) is 16.7 Å². The van der Waals surface area contributed by atoms with Crippen LogP contribution >= 0.6 is 15.9 Å². The van der Waals surface area contributed by atoms with E-state index in [1.54, 1.807) is 0 Å². The van der Waals surface area contributed by atoms with Gasteiger partial charge in [-0.3, -0.25) is 9.59 Å². The van der Waals surface area contributed by atoms with E-state index in [2.05, 4.69) is 31.0 Å². The lowest BCUT2D eigenvalue weighted by molar-refractivity contribution is -0.154. The number of anilines is 1. The minimum absolute atomic E-state index is 0.00752. The summed E-state index contributed by atoms with van der Waals surface area (Å²) in [6.07, 6.45) is 0.743. The highest BCUT2D eigenvalue weighted by Gasteiger charge is 2.29. The van der Waals surface area contributed by atoms with Gasteiger partial charge in [-0.2, -0.15) is 13.2 Å². The molecule has 2 heterocycles. The van der Waals surface area contributed by atoms with Gasteiger partial charge in [0.1, 0.15) is 5.69 Å². The van der Waals surface area contributed by atoms with Gasteiger partial charge in [0.15, 0.2) is 6.61 Å². The molecule has 10 heteroatoms. The van der Waals surface area contributed by atoms with E-state index in [0.29, 0.717) is 17.4 Å². The molecule has 1 N–H and O–H groups in total. The molecule has 0 bridgehead atoms. The highest BCUT2D eigenvalue weighted by atomic mass is 79.9. The molecule has 0 spiro atoms. The quantitative estimate of drug-likeness (QED) is 0.764. The first kappa shape index (κ1) is 20.5. The Hall–Kier alpha value is -1.84. The first-order valence-corrected chi connectivity index (χ1v) is 8.96. The topological polar surface area (TPSA) is 71.5 Å². The van der Waals surface area contributed by atoms with E-state index in [9.17, 15) is 22.8 Å². The fourth-order valence-electron chi connectivity index (χ4n) is 2.53. The molecule has 0 aliphatic carbocycles. The van der Waals surface area contributed by atoms with Crippen molar-refractivity contribution in [1.29, 1.82) is 0 Å². The van der Waals surface area contributed by atoms with Crippen LogP contribution in [0.2, 0.25) is 0 Å². The Balaban J connectivity index is 2.02. The Bertz CT molecular complexity index is 655. The Kier molecular flexibility index (Phi) is 7.24. The molecule has 1 saturated heterocycles. The number of likely N-dealkylation sites (tertiary alicyclic amines) is 1. The second-order valence-corrected chi connectivity index (χ2v) is 6.85. The second-order valence-electron chi connectivity index (χ2n) is 5.94. The molecule has 1 fully saturated rings. The van der Waals surface area contributed by atoms with Crippen LogP contribution in [0.1, 0.15) is 32.1 Å². The summed E-state index contributed by atoms with van der Waals surface area (Å²) in [6, 6.07) is 1.39. The number of hydrogen-bond acceptors (Lipinski definition) is 4. The summed E-state index contributed by atoms with van der Waals surface area (Å²) in [5, 5.41) is 2.47. The van der Waals surface area contributed by atoms with Gasteiger partial charge >= 0.3 is 6.18 Å². The van der Waals surface area contributed by atoms with Crippen LogP contribution in [0.4, 0.5) is 18.9 Å². The molecule has 2 rings (SSSR count). The summed E-state index contributed by atoms with van der Waals surface area (Å²) >= 11 is 3.15. The molecule has 0 atom stereocenters. The minimum Gasteiger partial charge on any atom is -0.467 e. The first-order valence-electron chi connectivity index (χ1n) is 8.17. The molecule has 1 aliphatic heterocycles. The number of halogens is 4. The van der Waals surface area contributed by atoms with Gasteiger partial charge in [0.25, 0.3) is 0 Å². The third-order valence-corrected chi connectivity index (χ3v) is 4.15. The van der Waals surface area contributed by atoms with Crippen molar-refractivity contribution in [2.45, 2.75) is 38.3 Å². The lowest BCUT2D eigenvalue weighted by Gasteiger charge is -2.24. The number of alkyl halides is 3. The summed E-state index contributed by atoms with van der Waals surface area (Å²) in [6.45, 7) is -1.19. The number of hydrogen-bond donors (Lipinski definition) is 1. The van der Waals surface area contributed by atoms with Crippen LogP contribution in [-0.4, -0.2) is 47.6 Å². The number of nitrogens with zero attached hydrogens (tertiary/aromatic N) is 2. The van der Waals surface area contributed by atoms with Gasteiger partial charge in [-0.25, -0.2) is 4.98 Å². The lowest BCUT2D eigenvalue weighted by atomic mass is 10.1. The van der Waals surface area contributed by atoms with Crippen LogP contribution in [0.15, 0.2) is 16.7 Å². The summed E-state index contributed by atoms with van der Waals surface area (Å²) in [4.78, 5) is 29.6. The largest absolute Gasteiger partial charge is 0.467 e. The van der Waals surface area contributed by atoms with Crippen molar-refractivity contribution in [2.24, 2.45) is 0 Å². The molecule has 6 nitrogen and oxygen atoms in total. The highest BCUT2D eigenvalue weighted by molar-refractivity contribution is 9.10. The van der Waals surface area contributed by atoms with Gasteiger partial charge in [-0.05, 0) is 34.8 Å². The number of ether oxygens (including phenoxy) is 1. The Labute approximate surface area is 157 Å². The zero-order valence-electron chi connectivity index (χ0n) is 13.9. The summed E-state index contributed by atoms with van der Waals surface area (Å²) in [5.74, 6) is -0.950. The predicted molar refractivity (Wildman–Crippen MR) is 91.8 cm³/mol. The molecule has 0 saturated carbocycles. The standard InChI is InChI=1S/C16H19BrF3N3O3/c17-11-7-12(15(21-8-11)26-10-16(18,19)20)22-13(24)9-23-6-4-2-1-3-5-14(23)25/h7-8H,1-6,9-10H2,(H,22,24). The van der Waals surface area contributed by atoms with Gasteiger partial charge in [0.2, 0.25) is 17.7 Å². The molecule has 1 aromatic rings. The number of pyridine rings is 1. The van der Waals surface area contributed by atoms with Gasteiger partial charge in [0, 0.05) is 23.6 Å². The number of nitrogens with one attached hydrogen (secondary N) is 1. The predicted octanol–water partition coefficient (Wildman–Crippen LogP) is 3.52.